The van der Waals surface area contributed by atoms with Crippen molar-refractivity contribution in [1.29, 1.82) is 0 Å². The van der Waals surface area contributed by atoms with Crippen molar-refractivity contribution < 1.29 is 14.6 Å². The summed E-state index contributed by atoms with van der Waals surface area (Å²) in [6, 6.07) is 5.13. The summed E-state index contributed by atoms with van der Waals surface area (Å²) in [4.78, 5) is 14.7. The Kier molecular flexibility index (Phi) is 1.96. The van der Waals surface area contributed by atoms with Gasteiger partial charge in [0.1, 0.15) is 11.4 Å². The lowest BCUT2D eigenvalue weighted by Crippen LogP contribution is -2.08. The van der Waals surface area contributed by atoms with E-state index >= 15 is 0 Å². The van der Waals surface area contributed by atoms with Gasteiger partial charge in [-0.1, -0.05) is 12.1 Å². The number of carbonyl (C=O) groups excluding carboxylic acids is 1. The predicted octanol–water partition coefficient (Wildman–Crippen LogP) is 1.54. The average molecular weight is 191 g/mol. The second kappa shape index (κ2) is 3.14. The standard InChI is InChI=1S/C10H9NO3/c1-6(12)14-9-5-7-3-2-4-8(13)10(7)11-9/h2-4,13H,5H2,1H3. The molecule has 0 amide bonds. The molecule has 0 spiro atoms. The number of esters is 1. The summed E-state index contributed by atoms with van der Waals surface area (Å²) in [5.74, 6) is 0.0645. The Labute approximate surface area is 80.8 Å². The highest BCUT2D eigenvalue weighted by Crippen LogP contribution is 2.35. The number of aromatic hydroxyl groups is 1. The molecule has 0 radical (unpaired) electrons. The normalized spacial score (nSPS) is 13.4. The van der Waals surface area contributed by atoms with Gasteiger partial charge in [0.15, 0.2) is 0 Å². The first kappa shape index (κ1) is 8.74. The molecule has 0 saturated carbocycles. The number of benzene rings is 1. The van der Waals surface area contributed by atoms with Gasteiger partial charge in [-0.15, -0.1) is 0 Å². The molecule has 1 heterocycles. The molecule has 14 heavy (non-hydrogen) atoms. The maximum absolute atomic E-state index is 10.7. The van der Waals surface area contributed by atoms with E-state index in [-0.39, 0.29) is 5.75 Å². The Bertz CT molecular complexity index is 423. The summed E-state index contributed by atoms with van der Waals surface area (Å²) < 4.78 is 4.85. The SMILES string of the molecule is CC(=O)OC1=Nc2c(O)cccc2C1. The fourth-order valence-corrected chi connectivity index (χ4v) is 1.40. The van der Waals surface area contributed by atoms with Crippen LogP contribution in [0, 0.1) is 0 Å². The average Bonchev–Trinajstić information content (AvgIpc) is 2.47. The van der Waals surface area contributed by atoms with E-state index in [1.54, 1.807) is 12.1 Å². The topological polar surface area (TPSA) is 58.9 Å². The molecule has 1 N–H and O–H groups in total. The van der Waals surface area contributed by atoms with Crippen molar-refractivity contribution in [1.82, 2.24) is 0 Å². The summed E-state index contributed by atoms with van der Waals surface area (Å²) in [5.41, 5.74) is 1.38. The Balaban J connectivity index is 2.30. The summed E-state index contributed by atoms with van der Waals surface area (Å²) >= 11 is 0. The van der Waals surface area contributed by atoms with Crippen molar-refractivity contribution in [3.63, 3.8) is 0 Å². The number of carbonyl (C=O) groups is 1. The lowest BCUT2D eigenvalue weighted by Gasteiger charge is -1.97. The third-order valence-electron chi connectivity index (χ3n) is 1.94. The Hall–Kier alpha value is -1.84. The Morgan fingerprint density at radius 2 is 2.36 bits per heavy atom. The van der Waals surface area contributed by atoms with Gasteiger partial charge < -0.3 is 9.84 Å². The maximum atomic E-state index is 10.7. The van der Waals surface area contributed by atoms with Crippen LogP contribution in [0.15, 0.2) is 23.2 Å². The van der Waals surface area contributed by atoms with E-state index in [4.69, 9.17) is 4.74 Å². The first-order valence-electron chi connectivity index (χ1n) is 4.23. The van der Waals surface area contributed by atoms with E-state index in [0.29, 0.717) is 18.0 Å². The van der Waals surface area contributed by atoms with Crippen molar-refractivity contribution in [3.05, 3.63) is 23.8 Å². The van der Waals surface area contributed by atoms with Crippen molar-refractivity contribution in [2.75, 3.05) is 0 Å². The molecule has 0 bridgehead atoms. The molecule has 0 saturated heterocycles. The van der Waals surface area contributed by atoms with Gasteiger partial charge in [0.05, 0.1) is 6.42 Å². The molecule has 0 aromatic heterocycles. The molecule has 0 fully saturated rings. The van der Waals surface area contributed by atoms with Gasteiger partial charge in [-0.3, -0.25) is 4.79 Å². The first-order chi connectivity index (χ1) is 6.66. The number of rotatable bonds is 0. The number of ether oxygens (including phenoxy) is 1. The minimum atomic E-state index is -0.393. The van der Waals surface area contributed by atoms with Gasteiger partial charge in [0, 0.05) is 6.92 Å². The molecule has 2 rings (SSSR count). The molecule has 1 aliphatic rings. The molecular weight excluding hydrogens is 182 g/mol. The second-order valence-corrected chi connectivity index (χ2v) is 3.06. The number of para-hydroxylation sites is 1. The fraction of sp³-hybridized carbons (Fsp3) is 0.200. The van der Waals surface area contributed by atoms with Crippen LogP contribution in [-0.4, -0.2) is 17.0 Å². The monoisotopic (exact) mass is 191 g/mol. The highest BCUT2D eigenvalue weighted by atomic mass is 16.5. The maximum Gasteiger partial charge on any atom is 0.309 e. The fourth-order valence-electron chi connectivity index (χ4n) is 1.40. The molecule has 0 atom stereocenters. The van der Waals surface area contributed by atoms with Crippen LogP contribution in [-0.2, 0) is 16.0 Å². The quantitative estimate of drug-likeness (QED) is 0.633. The lowest BCUT2D eigenvalue weighted by molar-refractivity contribution is -0.133. The number of phenolic OH excluding ortho intramolecular Hbond substituents is 1. The smallest absolute Gasteiger partial charge is 0.309 e. The molecule has 72 valence electrons. The van der Waals surface area contributed by atoms with E-state index in [2.05, 4.69) is 4.99 Å². The molecular formula is C10H9NO3. The van der Waals surface area contributed by atoms with Crippen LogP contribution in [0.4, 0.5) is 5.69 Å². The van der Waals surface area contributed by atoms with Crippen LogP contribution >= 0.6 is 0 Å². The molecule has 4 nitrogen and oxygen atoms in total. The van der Waals surface area contributed by atoms with E-state index in [1.165, 1.54) is 6.92 Å². The molecule has 1 aromatic rings. The molecule has 1 aliphatic heterocycles. The minimum absolute atomic E-state index is 0.115. The number of phenols is 1. The number of nitrogens with zero attached hydrogens (tertiary/aromatic N) is 1. The Morgan fingerprint density at radius 1 is 1.57 bits per heavy atom. The number of hydrogen-bond donors (Lipinski definition) is 1. The van der Waals surface area contributed by atoms with Crippen LogP contribution in [0.3, 0.4) is 0 Å². The summed E-state index contributed by atoms with van der Waals surface area (Å²) in [6.45, 7) is 1.32. The summed E-state index contributed by atoms with van der Waals surface area (Å²) in [7, 11) is 0. The molecule has 4 heteroatoms. The van der Waals surface area contributed by atoms with Gasteiger partial charge in [-0.2, -0.15) is 0 Å². The van der Waals surface area contributed by atoms with Gasteiger partial charge >= 0.3 is 5.97 Å². The van der Waals surface area contributed by atoms with Crippen LogP contribution in [0.25, 0.3) is 0 Å². The van der Waals surface area contributed by atoms with Crippen LogP contribution < -0.4 is 0 Å². The lowest BCUT2D eigenvalue weighted by atomic mass is 10.1. The zero-order valence-electron chi connectivity index (χ0n) is 7.65. The zero-order chi connectivity index (χ0) is 10.1. The third kappa shape index (κ3) is 1.46. The molecule has 0 aliphatic carbocycles. The van der Waals surface area contributed by atoms with E-state index < -0.39 is 5.97 Å². The molecule has 1 aromatic carbocycles. The number of aliphatic imine (C=N–C) groups is 1. The number of fused-ring (bicyclic) bond motifs is 1. The van der Waals surface area contributed by atoms with E-state index in [0.717, 1.165) is 5.56 Å². The highest BCUT2D eigenvalue weighted by Gasteiger charge is 2.19. The Morgan fingerprint density at radius 3 is 3.00 bits per heavy atom. The third-order valence-corrected chi connectivity index (χ3v) is 1.94. The highest BCUT2D eigenvalue weighted by molar-refractivity contribution is 5.95. The minimum Gasteiger partial charge on any atom is -0.506 e. The zero-order valence-corrected chi connectivity index (χ0v) is 7.65. The largest absolute Gasteiger partial charge is 0.506 e. The van der Waals surface area contributed by atoms with Gasteiger partial charge in [0.25, 0.3) is 0 Å². The summed E-state index contributed by atoms with van der Waals surface area (Å²) in [6.07, 6.45) is 0.462. The molecule has 0 unspecified atom stereocenters. The van der Waals surface area contributed by atoms with Crippen LogP contribution in [0.5, 0.6) is 5.75 Å². The number of hydrogen-bond acceptors (Lipinski definition) is 4. The van der Waals surface area contributed by atoms with E-state index in [1.807, 2.05) is 6.07 Å². The van der Waals surface area contributed by atoms with Crippen molar-refractivity contribution >= 4 is 17.6 Å². The van der Waals surface area contributed by atoms with Crippen molar-refractivity contribution in [2.45, 2.75) is 13.3 Å². The van der Waals surface area contributed by atoms with Gasteiger partial charge in [-0.05, 0) is 11.6 Å². The van der Waals surface area contributed by atoms with Crippen LogP contribution in [0.2, 0.25) is 0 Å². The first-order valence-corrected chi connectivity index (χ1v) is 4.23. The second-order valence-electron chi connectivity index (χ2n) is 3.06. The predicted molar refractivity (Wildman–Crippen MR) is 50.7 cm³/mol. The van der Waals surface area contributed by atoms with Crippen molar-refractivity contribution in [3.8, 4) is 5.75 Å². The van der Waals surface area contributed by atoms with Gasteiger partial charge in [-0.25, -0.2) is 4.99 Å². The van der Waals surface area contributed by atoms with E-state index in [9.17, 15) is 9.90 Å². The summed E-state index contributed by atoms with van der Waals surface area (Å²) in [5, 5.41) is 9.44. The van der Waals surface area contributed by atoms with Crippen molar-refractivity contribution in [2.24, 2.45) is 4.99 Å². The van der Waals surface area contributed by atoms with Crippen LogP contribution in [0.1, 0.15) is 12.5 Å². The van der Waals surface area contributed by atoms with Gasteiger partial charge in [0.2, 0.25) is 5.90 Å².